The Morgan fingerprint density at radius 2 is 2.30 bits per heavy atom. The van der Waals surface area contributed by atoms with Crippen molar-refractivity contribution in [2.75, 3.05) is 33.4 Å². The third-order valence-electron chi connectivity index (χ3n) is 4.28. The average Bonchev–Trinajstić information content (AvgIpc) is 3.02. The Labute approximate surface area is 136 Å². The molecule has 23 heavy (non-hydrogen) atoms. The largest absolute Gasteiger partial charge is 0.494 e. The third kappa shape index (κ3) is 4.91. The number of aliphatic hydroxyl groups is 1. The normalized spacial score (nSPS) is 18.1. The summed E-state index contributed by atoms with van der Waals surface area (Å²) in [6, 6.07) is 4.39. The van der Waals surface area contributed by atoms with Crippen LogP contribution in [0.3, 0.4) is 0 Å². The van der Waals surface area contributed by atoms with E-state index in [9.17, 15) is 14.3 Å². The van der Waals surface area contributed by atoms with Crippen LogP contribution in [0, 0.1) is 5.82 Å². The Bertz CT molecular complexity index is 525. The fourth-order valence-corrected chi connectivity index (χ4v) is 2.94. The molecule has 1 heterocycles. The van der Waals surface area contributed by atoms with Crippen molar-refractivity contribution in [3.8, 4) is 5.75 Å². The summed E-state index contributed by atoms with van der Waals surface area (Å²) in [5.74, 6) is -0.632. The number of methoxy groups -OCH3 is 1. The van der Waals surface area contributed by atoms with Crippen LogP contribution in [-0.2, 0) is 0 Å². The highest BCUT2D eigenvalue weighted by atomic mass is 19.1. The number of nitrogens with zero attached hydrogens (tertiary/aromatic N) is 1. The monoisotopic (exact) mass is 324 g/mol. The van der Waals surface area contributed by atoms with Crippen LogP contribution in [0.5, 0.6) is 5.75 Å². The first-order chi connectivity index (χ1) is 11.2. The number of hydrogen-bond donors (Lipinski definition) is 2. The van der Waals surface area contributed by atoms with Crippen LogP contribution >= 0.6 is 0 Å². The molecule has 2 rings (SSSR count). The van der Waals surface area contributed by atoms with E-state index < -0.39 is 5.82 Å². The summed E-state index contributed by atoms with van der Waals surface area (Å²) < 4.78 is 18.2. The van der Waals surface area contributed by atoms with Crippen LogP contribution in [0.4, 0.5) is 4.39 Å². The van der Waals surface area contributed by atoms with Gasteiger partial charge in [-0.1, -0.05) is 0 Å². The van der Waals surface area contributed by atoms with Crippen LogP contribution in [0.2, 0.25) is 0 Å². The Morgan fingerprint density at radius 3 is 3.04 bits per heavy atom. The molecule has 1 amide bonds. The first-order valence-electron chi connectivity index (χ1n) is 8.12. The number of rotatable bonds is 8. The SMILES string of the molecule is COc1cc(C(=O)NCCCCN2CCCC2CO)ccc1F. The highest BCUT2D eigenvalue weighted by Gasteiger charge is 2.22. The van der Waals surface area contributed by atoms with Crippen molar-refractivity contribution < 1.29 is 19.0 Å². The molecular formula is C17H25FN2O3. The van der Waals surface area contributed by atoms with Gasteiger partial charge in [-0.3, -0.25) is 9.69 Å². The van der Waals surface area contributed by atoms with Crippen molar-refractivity contribution in [2.24, 2.45) is 0 Å². The number of unbranched alkanes of at least 4 members (excludes halogenated alkanes) is 1. The zero-order valence-electron chi connectivity index (χ0n) is 13.6. The van der Waals surface area contributed by atoms with Crippen LogP contribution in [0.15, 0.2) is 18.2 Å². The molecule has 0 bridgehead atoms. The Hall–Kier alpha value is -1.66. The molecule has 1 unspecified atom stereocenters. The summed E-state index contributed by atoms with van der Waals surface area (Å²) in [5, 5.41) is 12.1. The standard InChI is InChI=1S/C17H25FN2O3/c1-23-16-11-13(6-7-15(16)18)17(22)19-8-2-3-9-20-10-4-5-14(20)12-21/h6-7,11,14,21H,2-5,8-10,12H2,1H3,(H,19,22). The highest BCUT2D eigenvalue weighted by molar-refractivity contribution is 5.94. The quantitative estimate of drug-likeness (QED) is 0.716. The lowest BCUT2D eigenvalue weighted by Crippen LogP contribution is -2.33. The minimum Gasteiger partial charge on any atom is -0.494 e. The maximum absolute atomic E-state index is 13.3. The van der Waals surface area contributed by atoms with E-state index >= 15 is 0 Å². The summed E-state index contributed by atoms with van der Waals surface area (Å²) in [6.07, 6.45) is 4.07. The van der Waals surface area contributed by atoms with Crippen LogP contribution in [-0.4, -0.2) is 55.3 Å². The fraction of sp³-hybridized carbons (Fsp3) is 0.588. The van der Waals surface area contributed by atoms with Crippen LogP contribution in [0.25, 0.3) is 0 Å². The van der Waals surface area contributed by atoms with Crippen molar-refractivity contribution in [1.82, 2.24) is 10.2 Å². The minimum atomic E-state index is -0.479. The lowest BCUT2D eigenvalue weighted by molar-refractivity contribution is 0.0951. The van der Waals surface area contributed by atoms with E-state index in [0.29, 0.717) is 18.2 Å². The number of carbonyl (C=O) groups is 1. The first-order valence-corrected chi connectivity index (χ1v) is 8.12. The second-order valence-electron chi connectivity index (χ2n) is 5.83. The van der Waals surface area contributed by atoms with Gasteiger partial charge in [0.05, 0.1) is 13.7 Å². The van der Waals surface area contributed by atoms with Gasteiger partial charge < -0.3 is 15.2 Å². The number of aliphatic hydroxyl groups excluding tert-OH is 1. The number of likely N-dealkylation sites (tertiary alicyclic amines) is 1. The van der Waals surface area contributed by atoms with Crippen molar-refractivity contribution in [1.29, 1.82) is 0 Å². The van der Waals surface area contributed by atoms with Crippen molar-refractivity contribution in [2.45, 2.75) is 31.7 Å². The van der Waals surface area contributed by atoms with Gasteiger partial charge in [0, 0.05) is 18.2 Å². The van der Waals surface area contributed by atoms with Gasteiger partial charge in [-0.25, -0.2) is 4.39 Å². The van der Waals surface area contributed by atoms with Crippen LogP contribution < -0.4 is 10.1 Å². The summed E-state index contributed by atoms with van der Waals surface area (Å²) >= 11 is 0. The van der Waals surface area contributed by atoms with Gasteiger partial charge in [0.15, 0.2) is 11.6 Å². The summed E-state index contributed by atoms with van der Waals surface area (Å²) in [4.78, 5) is 14.3. The van der Waals surface area contributed by atoms with Gasteiger partial charge in [0.25, 0.3) is 5.91 Å². The number of halogens is 1. The fourth-order valence-electron chi connectivity index (χ4n) is 2.94. The van der Waals surface area contributed by atoms with Gasteiger partial charge in [-0.05, 0) is 57.0 Å². The molecule has 5 nitrogen and oxygen atoms in total. The number of amides is 1. The van der Waals surface area contributed by atoms with Crippen molar-refractivity contribution in [3.05, 3.63) is 29.6 Å². The molecule has 6 heteroatoms. The number of nitrogens with one attached hydrogen (secondary N) is 1. The van der Waals surface area contributed by atoms with E-state index in [1.165, 1.54) is 25.3 Å². The summed E-state index contributed by atoms with van der Waals surface area (Å²) in [6.45, 7) is 2.80. The summed E-state index contributed by atoms with van der Waals surface area (Å²) in [7, 11) is 1.37. The van der Waals surface area contributed by atoms with E-state index in [4.69, 9.17) is 4.74 Å². The number of carbonyl (C=O) groups excluding carboxylic acids is 1. The second kappa shape index (κ2) is 8.84. The molecule has 0 radical (unpaired) electrons. The van der Waals surface area contributed by atoms with E-state index in [-0.39, 0.29) is 18.3 Å². The smallest absolute Gasteiger partial charge is 0.251 e. The molecule has 1 fully saturated rings. The number of benzene rings is 1. The maximum atomic E-state index is 13.3. The lowest BCUT2D eigenvalue weighted by atomic mass is 10.2. The highest BCUT2D eigenvalue weighted by Crippen LogP contribution is 2.18. The number of hydrogen-bond acceptors (Lipinski definition) is 4. The average molecular weight is 324 g/mol. The molecule has 1 aromatic carbocycles. The van der Waals surface area contributed by atoms with Gasteiger partial charge in [0.2, 0.25) is 0 Å². The molecule has 0 spiro atoms. The van der Waals surface area contributed by atoms with Crippen LogP contribution in [0.1, 0.15) is 36.0 Å². The zero-order valence-corrected chi connectivity index (χ0v) is 13.6. The van der Waals surface area contributed by atoms with Gasteiger partial charge >= 0.3 is 0 Å². The zero-order chi connectivity index (χ0) is 16.7. The predicted molar refractivity (Wildman–Crippen MR) is 86.2 cm³/mol. The lowest BCUT2D eigenvalue weighted by Gasteiger charge is -2.22. The first kappa shape index (κ1) is 17.7. The van der Waals surface area contributed by atoms with Gasteiger partial charge in [-0.2, -0.15) is 0 Å². The van der Waals surface area contributed by atoms with E-state index in [1.807, 2.05) is 0 Å². The minimum absolute atomic E-state index is 0.0710. The number of ether oxygens (including phenoxy) is 1. The Morgan fingerprint density at radius 1 is 1.48 bits per heavy atom. The molecule has 0 saturated carbocycles. The molecule has 128 valence electrons. The molecular weight excluding hydrogens is 299 g/mol. The molecule has 0 aliphatic carbocycles. The van der Waals surface area contributed by atoms with Gasteiger partial charge in [0.1, 0.15) is 0 Å². The molecule has 1 atom stereocenters. The predicted octanol–water partition coefficient (Wildman–Crippen LogP) is 1.80. The second-order valence-corrected chi connectivity index (χ2v) is 5.83. The van der Waals surface area contributed by atoms with Crippen molar-refractivity contribution in [3.63, 3.8) is 0 Å². The third-order valence-corrected chi connectivity index (χ3v) is 4.28. The van der Waals surface area contributed by atoms with Gasteiger partial charge in [-0.15, -0.1) is 0 Å². The summed E-state index contributed by atoms with van der Waals surface area (Å²) in [5.41, 5.74) is 0.392. The molecule has 1 aliphatic rings. The molecule has 1 saturated heterocycles. The Balaban J connectivity index is 1.69. The molecule has 0 aromatic heterocycles. The van der Waals surface area contributed by atoms with E-state index in [2.05, 4.69) is 10.2 Å². The van der Waals surface area contributed by atoms with E-state index in [1.54, 1.807) is 0 Å². The Kier molecular flexibility index (Phi) is 6.80. The van der Waals surface area contributed by atoms with E-state index in [0.717, 1.165) is 38.8 Å². The topological polar surface area (TPSA) is 61.8 Å². The molecule has 1 aromatic rings. The van der Waals surface area contributed by atoms with Crippen molar-refractivity contribution >= 4 is 5.91 Å². The molecule has 2 N–H and O–H groups in total. The maximum Gasteiger partial charge on any atom is 0.251 e. The molecule has 1 aliphatic heterocycles.